The minimum Gasteiger partial charge on any atom is -0.457 e. The number of hydrogen-bond acceptors (Lipinski definition) is 3. The van der Waals surface area contributed by atoms with Crippen LogP contribution < -0.4 is 4.74 Å². The predicted octanol–water partition coefficient (Wildman–Crippen LogP) is 3.28. The molecule has 0 fully saturated rings. The highest BCUT2D eigenvalue weighted by atomic mass is 79.9. The van der Waals surface area contributed by atoms with E-state index in [-0.39, 0.29) is 0 Å². The summed E-state index contributed by atoms with van der Waals surface area (Å²) < 4.78 is 6.37. The van der Waals surface area contributed by atoms with E-state index in [0.29, 0.717) is 11.5 Å². The van der Waals surface area contributed by atoms with Crippen LogP contribution in [0.5, 0.6) is 5.75 Å². The normalized spacial score (nSPS) is 17.7. The van der Waals surface area contributed by atoms with Crippen molar-refractivity contribution in [3.8, 4) is 5.75 Å². The van der Waals surface area contributed by atoms with Crippen molar-refractivity contribution < 1.29 is 9.84 Å². The Bertz CT molecular complexity index is 610. The van der Waals surface area contributed by atoms with E-state index in [0.717, 1.165) is 15.7 Å². The van der Waals surface area contributed by atoms with Crippen LogP contribution in [0.3, 0.4) is 0 Å². The first-order valence-electron chi connectivity index (χ1n) is 5.52. The molecular formula is C14H10BrNO2. The molecule has 1 heterocycles. The Morgan fingerprint density at radius 3 is 2.67 bits per heavy atom. The molecule has 1 atom stereocenters. The van der Waals surface area contributed by atoms with Gasteiger partial charge in [0, 0.05) is 10.0 Å². The van der Waals surface area contributed by atoms with Gasteiger partial charge in [0.15, 0.2) is 0 Å². The lowest BCUT2D eigenvalue weighted by molar-refractivity contribution is 0.0402. The van der Waals surface area contributed by atoms with Gasteiger partial charge in [-0.1, -0.05) is 46.3 Å². The molecule has 0 radical (unpaired) electrons. The predicted molar refractivity (Wildman–Crippen MR) is 73.4 cm³/mol. The fourth-order valence-electron chi connectivity index (χ4n) is 1.85. The maximum Gasteiger partial charge on any atom is 0.242 e. The Morgan fingerprint density at radius 1 is 1.11 bits per heavy atom. The number of nitrogens with zero attached hydrogens (tertiary/aromatic N) is 1. The maximum absolute atomic E-state index is 9.99. The maximum atomic E-state index is 9.99. The summed E-state index contributed by atoms with van der Waals surface area (Å²) in [5, 5.41) is 9.99. The van der Waals surface area contributed by atoms with Gasteiger partial charge in [-0.25, -0.2) is 4.99 Å². The van der Waals surface area contributed by atoms with Gasteiger partial charge in [-0.05, 0) is 18.2 Å². The molecule has 3 nitrogen and oxygen atoms in total. The summed E-state index contributed by atoms with van der Waals surface area (Å²) in [5.41, 5.74) is 2.12. The fraction of sp³-hybridized carbons (Fsp3) is 0.0714. The van der Waals surface area contributed by atoms with Gasteiger partial charge in [0.05, 0.1) is 0 Å². The van der Waals surface area contributed by atoms with Gasteiger partial charge in [-0.3, -0.25) is 0 Å². The highest BCUT2D eigenvalue weighted by molar-refractivity contribution is 9.10. The van der Waals surface area contributed by atoms with Crippen LogP contribution in [0.2, 0.25) is 0 Å². The van der Waals surface area contributed by atoms with Crippen molar-refractivity contribution in [3.05, 3.63) is 58.6 Å². The van der Waals surface area contributed by atoms with Gasteiger partial charge in [0.1, 0.15) is 17.1 Å². The van der Waals surface area contributed by atoms with Gasteiger partial charge in [0.2, 0.25) is 6.29 Å². The van der Waals surface area contributed by atoms with Crippen molar-refractivity contribution in [1.82, 2.24) is 0 Å². The van der Waals surface area contributed by atoms with Crippen molar-refractivity contribution in [2.75, 3.05) is 0 Å². The molecule has 90 valence electrons. The first-order chi connectivity index (χ1) is 8.74. The molecule has 0 aliphatic carbocycles. The number of aliphatic imine (C=N–C) groups is 1. The van der Waals surface area contributed by atoms with Gasteiger partial charge >= 0.3 is 0 Å². The number of halogens is 1. The van der Waals surface area contributed by atoms with Crippen LogP contribution in [0, 0.1) is 0 Å². The summed E-state index contributed by atoms with van der Waals surface area (Å²) in [7, 11) is 0. The van der Waals surface area contributed by atoms with E-state index in [1.165, 1.54) is 0 Å². The smallest absolute Gasteiger partial charge is 0.242 e. The summed E-state index contributed by atoms with van der Waals surface area (Å²) in [6.45, 7) is 0. The lowest BCUT2D eigenvalue weighted by atomic mass is 10.1. The van der Waals surface area contributed by atoms with Gasteiger partial charge in [0.25, 0.3) is 0 Å². The summed E-state index contributed by atoms with van der Waals surface area (Å²) in [5.74, 6) is 0.580. The summed E-state index contributed by atoms with van der Waals surface area (Å²) >= 11 is 3.36. The molecule has 1 N–H and O–H groups in total. The highest BCUT2D eigenvalue weighted by Crippen LogP contribution is 2.35. The average Bonchev–Trinajstić information content (AvgIpc) is 2.39. The minimum atomic E-state index is -1.03. The molecular weight excluding hydrogens is 294 g/mol. The van der Waals surface area contributed by atoms with Crippen molar-refractivity contribution >= 4 is 27.3 Å². The minimum absolute atomic E-state index is 0.533. The zero-order valence-corrected chi connectivity index (χ0v) is 11.0. The first kappa shape index (κ1) is 11.4. The number of aliphatic hydroxyl groups is 1. The van der Waals surface area contributed by atoms with Crippen LogP contribution in [0.15, 0.2) is 58.0 Å². The van der Waals surface area contributed by atoms with E-state index in [4.69, 9.17) is 4.74 Å². The third kappa shape index (κ3) is 2.05. The molecule has 2 aromatic carbocycles. The van der Waals surface area contributed by atoms with Gasteiger partial charge in [-0.15, -0.1) is 0 Å². The standard InChI is InChI=1S/C14H10BrNO2/c15-10-6-7-11-12(8-10)18-14(17)13(16-11)9-4-2-1-3-5-9/h1-8,14,17H. The fourth-order valence-corrected chi connectivity index (χ4v) is 2.19. The summed E-state index contributed by atoms with van der Waals surface area (Å²) in [6.07, 6.45) is -1.03. The Morgan fingerprint density at radius 2 is 1.89 bits per heavy atom. The van der Waals surface area contributed by atoms with Crippen molar-refractivity contribution in [3.63, 3.8) is 0 Å². The SMILES string of the molecule is OC1Oc2cc(Br)ccc2N=C1c1ccccc1. The Labute approximate surface area is 113 Å². The van der Waals surface area contributed by atoms with Crippen molar-refractivity contribution in [2.24, 2.45) is 4.99 Å². The van der Waals surface area contributed by atoms with Crippen LogP contribution in [-0.2, 0) is 0 Å². The molecule has 0 bridgehead atoms. The number of rotatable bonds is 1. The second-order valence-electron chi connectivity index (χ2n) is 3.95. The second-order valence-corrected chi connectivity index (χ2v) is 4.86. The molecule has 1 aliphatic heterocycles. The zero-order valence-electron chi connectivity index (χ0n) is 9.38. The quantitative estimate of drug-likeness (QED) is 0.878. The van der Waals surface area contributed by atoms with Gasteiger partial charge in [-0.2, -0.15) is 0 Å². The molecule has 0 saturated heterocycles. The highest BCUT2D eigenvalue weighted by Gasteiger charge is 2.23. The Hall–Kier alpha value is -1.65. The Balaban J connectivity index is 2.09. The molecule has 1 unspecified atom stereocenters. The van der Waals surface area contributed by atoms with E-state index in [2.05, 4.69) is 20.9 Å². The van der Waals surface area contributed by atoms with Crippen LogP contribution in [0.4, 0.5) is 5.69 Å². The number of aliphatic hydroxyl groups excluding tert-OH is 1. The lowest BCUT2D eigenvalue weighted by Gasteiger charge is -2.22. The van der Waals surface area contributed by atoms with Crippen LogP contribution >= 0.6 is 15.9 Å². The molecule has 0 spiro atoms. The second kappa shape index (κ2) is 4.55. The molecule has 2 aromatic rings. The van der Waals surface area contributed by atoms with E-state index in [1.807, 2.05) is 42.5 Å². The third-order valence-corrected chi connectivity index (χ3v) is 3.20. The molecule has 4 heteroatoms. The van der Waals surface area contributed by atoms with E-state index >= 15 is 0 Å². The average molecular weight is 304 g/mol. The van der Waals surface area contributed by atoms with Crippen LogP contribution in [-0.4, -0.2) is 17.1 Å². The molecule has 0 amide bonds. The third-order valence-electron chi connectivity index (χ3n) is 2.70. The molecule has 0 aromatic heterocycles. The number of hydrogen-bond donors (Lipinski definition) is 1. The number of ether oxygens (including phenoxy) is 1. The number of benzene rings is 2. The van der Waals surface area contributed by atoms with Crippen LogP contribution in [0.25, 0.3) is 0 Å². The lowest BCUT2D eigenvalue weighted by Crippen LogP contribution is -2.29. The summed E-state index contributed by atoms with van der Waals surface area (Å²) in [4.78, 5) is 4.46. The molecule has 3 rings (SSSR count). The first-order valence-corrected chi connectivity index (χ1v) is 6.31. The topological polar surface area (TPSA) is 41.8 Å². The van der Waals surface area contributed by atoms with E-state index in [9.17, 15) is 5.11 Å². The molecule has 0 saturated carbocycles. The monoisotopic (exact) mass is 303 g/mol. The molecule has 18 heavy (non-hydrogen) atoms. The zero-order chi connectivity index (χ0) is 12.5. The number of fused-ring (bicyclic) bond motifs is 1. The molecule has 1 aliphatic rings. The van der Waals surface area contributed by atoms with E-state index < -0.39 is 6.29 Å². The van der Waals surface area contributed by atoms with E-state index in [1.54, 1.807) is 6.07 Å². The van der Waals surface area contributed by atoms with Gasteiger partial charge < -0.3 is 9.84 Å². The van der Waals surface area contributed by atoms with Crippen molar-refractivity contribution in [2.45, 2.75) is 6.29 Å². The largest absolute Gasteiger partial charge is 0.457 e. The van der Waals surface area contributed by atoms with Crippen LogP contribution in [0.1, 0.15) is 5.56 Å². The van der Waals surface area contributed by atoms with Crippen molar-refractivity contribution in [1.29, 1.82) is 0 Å². The summed E-state index contributed by atoms with van der Waals surface area (Å²) in [6, 6.07) is 15.1. The Kier molecular flexibility index (Phi) is 2.89.